The molecular formula is C5H4KN4O2+. The van der Waals surface area contributed by atoms with E-state index in [1.807, 2.05) is 0 Å². The van der Waals surface area contributed by atoms with Gasteiger partial charge in [-0.1, -0.05) is 0 Å². The van der Waals surface area contributed by atoms with Gasteiger partial charge in [0.25, 0.3) is 5.56 Å². The molecule has 0 amide bonds. The van der Waals surface area contributed by atoms with Crippen LogP contribution in [0.15, 0.2) is 15.8 Å². The zero-order valence-corrected chi connectivity index (χ0v) is 9.46. The van der Waals surface area contributed by atoms with Crippen molar-refractivity contribution in [3.63, 3.8) is 0 Å². The van der Waals surface area contributed by atoms with Crippen molar-refractivity contribution in [1.29, 1.82) is 0 Å². The minimum Gasteiger partial charge on any atom is -0.292 e. The van der Waals surface area contributed by atoms with Crippen LogP contribution in [0, 0.1) is 0 Å². The number of rotatable bonds is 0. The van der Waals surface area contributed by atoms with Gasteiger partial charge in [0.1, 0.15) is 11.0 Å². The Morgan fingerprint density at radius 2 is 2.00 bits per heavy atom. The van der Waals surface area contributed by atoms with Gasteiger partial charge < -0.3 is 0 Å². The summed E-state index contributed by atoms with van der Waals surface area (Å²) < 4.78 is 0. The first-order valence-corrected chi connectivity index (χ1v) is 2.93. The molecule has 0 saturated carbocycles. The fourth-order valence-electron chi connectivity index (χ4n) is 0.869. The van der Waals surface area contributed by atoms with E-state index in [9.17, 15) is 9.59 Å². The van der Waals surface area contributed by atoms with E-state index in [0.29, 0.717) is 11.0 Å². The van der Waals surface area contributed by atoms with Crippen molar-refractivity contribution in [2.24, 2.45) is 0 Å². The van der Waals surface area contributed by atoms with Gasteiger partial charge in [0, 0.05) is 0 Å². The number of hydrogen-bond acceptors (Lipinski definition) is 3. The summed E-state index contributed by atoms with van der Waals surface area (Å²) in [5, 5.41) is 6.42. The first-order chi connectivity index (χ1) is 5.27. The van der Waals surface area contributed by atoms with E-state index in [2.05, 4.69) is 20.2 Å². The zero-order valence-electron chi connectivity index (χ0n) is 6.34. The van der Waals surface area contributed by atoms with Gasteiger partial charge in [-0.25, -0.2) is 4.79 Å². The van der Waals surface area contributed by atoms with Crippen LogP contribution in [0.5, 0.6) is 0 Å². The van der Waals surface area contributed by atoms with Crippen LogP contribution in [-0.4, -0.2) is 20.2 Å². The Kier molecular flexibility index (Phi) is 3.02. The van der Waals surface area contributed by atoms with Crippen LogP contribution in [0.3, 0.4) is 0 Å². The molecule has 0 aromatic carbocycles. The summed E-state index contributed by atoms with van der Waals surface area (Å²) in [5.74, 6) is 0. The number of hydrogen-bond donors (Lipinski definition) is 3. The maximum absolute atomic E-state index is 10.9. The maximum atomic E-state index is 10.9. The number of H-pyrrole nitrogens is 3. The SMILES string of the molecule is O=c1[nH]c(=O)c2cn[nH]c2[nH]1.[K+]. The van der Waals surface area contributed by atoms with Gasteiger partial charge in [0.05, 0.1) is 6.20 Å². The Labute approximate surface area is 108 Å². The quantitative estimate of drug-likeness (QED) is 0.370. The Morgan fingerprint density at radius 1 is 1.25 bits per heavy atom. The summed E-state index contributed by atoms with van der Waals surface area (Å²) in [6, 6.07) is 0. The van der Waals surface area contributed by atoms with Crippen molar-refractivity contribution in [2.75, 3.05) is 0 Å². The predicted molar refractivity (Wildman–Crippen MR) is 37.3 cm³/mol. The van der Waals surface area contributed by atoms with Crippen molar-refractivity contribution in [1.82, 2.24) is 20.2 Å². The molecule has 0 aliphatic heterocycles. The number of aromatic nitrogens is 4. The minimum atomic E-state index is -0.535. The van der Waals surface area contributed by atoms with E-state index in [0.717, 1.165) is 0 Å². The molecule has 0 bridgehead atoms. The fourth-order valence-corrected chi connectivity index (χ4v) is 0.869. The Balaban J connectivity index is 0.000000720. The van der Waals surface area contributed by atoms with Crippen molar-refractivity contribution in [2.45, 2.75) is 0 Å². The standard InChI is InChI=1S/C5H4N4O2.K/c10-4-2-1-6-9-3(2)7-5(11)8-4;/h1H,(H3,6,7,8,9,10,11);/q;+1. The molecule has 2 aromatic heterocycles. The molecule has 56 valence electrons. The van der Waals surface area contributed by atoms with Crippen molar-refractivity contribution >= 4 is 11.0 Å². The monoisotopic (exact) mass is 191 g/mol. The second kappa shape index (κ2) is 3.67. The first-order valence-electron chi connectivity index (χ1n) is 2.93. The molecule has 0 radical (unpaired) electrons. The Bertz CT molecular complexity index is 496. The molecule has 7 heteroatoms. The van der Waals surface area contributed by atoms with E-state index < -0.39 is 11.2 Å². The molecule has 6 nitrogen and oxygen atoms in total. The molecule has 0 atom stereocenters. The number of fused-ring (bicyclic) bond motifs is 1. The zero-order chi connectivity index (χ0) is 7.84. The third kappa shape index (κ3) is 1.59. The summed E-state index contributed by atoms with van der Waals surface area (Å²) >= 11 is 0. The van der Waals surface area contributed by atoms with E-state index >= 15 is 0 Å². The molecule has 0 unspecified atom stereocenters. The molecule has 2 aromatic rings. The third-order valence-corrected chi connectivity index (χ3v) is 1.35. The molecule has 3 N–H and O–H groups in total. The van der Waals surface area contributed by atoms with Gasteiger partial charge in [-0.2, -0.15) is 5.10 Å². The van der Waals surface area contributed by atoms with E-state index in [-0.39, 0.29) is 51.4 Å². The minimum absolute atomic E-state index is 0. The summed E-state index contributed by atoms with van der Waals surface area (Å²) in [4.78, 5) is 26.0. The summed E-state index contributed by atoms with van der Waals surface area (Å²) in [6.45, 7) is 0. The van der Waals surface area contributed by atoms with Crippen molar-refractivity contribution in [3.8, 4) is 0 Å². The maximum Gasteiger partial charge on any atom is 1.00 e. The normalized spacial score (nSPS) is 9.67. The molecular weight excluding hydrogens is 187 g/mol. The molecule has 0 aliphatic rings. The van der Waals surface area contributed by atoms with Crippen molar-refractivity contribution < 1.29 is 51.4 Å². The summed E-state index contributed by atoms with van der Waals surface area (Å²) in [5.41, 5.74) is -0.622. The van der Waals surface area contributed by atoms with Crippen LogP contribution < -0.4 is 62.6 Å². The van der Waals surface area contributed by atoms with E-state index in [1.165, 1.54) is 6.20 Å². The summed E-state index contributed by atoms with van der Waals surface area (Å²) in [6.07, 6.45) is 1.35. The Hall–Kier alpha value is -0.214. The number of nitrogens with zero attached hydrogens (tertiary/aromatic N) is 1. The second-order valence-corrected chi connectivity index (χ2v) is 2.07. The average molecular weight is 191 g/mol. The van der Waals surface area contributed by atoms with Crippen LogP contribution in [0.25, 0.3) is 11.0 Å². The smallest absolute Gasteiger partial charge is 0.292 e. The molecule has 12 heavy (non-hydrogen) atoms. The van der Waals surface area contributed by atoms with Crippen LogP contribution in [0.2, 0.25) is 0 Å². The van der Waals surface area contributed by atoms with Gasteiger partial charge >= 0.3 is 57.1 Å². The van der Waals surface area contributed by atoms with Gasteiger partial charge in [-0.05, 0) is 0 Å². The molecule has 0 fully saturated rings. The molecule has 2 rings (SSSR count). The third-order valence-electron chi connectivity index (χ3n) is 1.35. The molecule has 0 spiro atoms. The van der Waals surface area contributed by atoms with Gasteiger partial charge in [0.2, 0.25) is 0 Å². The van der Waals surface area contributed by atoms with Crippen LogP contribution in [-0.2, 0) is 0 Å². The van der Waals surface area contributed by atoms with Gasteiger partial charge in [0.15, 0.2) is 0 Å². The van der Waals surface area contributed by atoms with E-state index in [1.54, 1.807) is 0 Å². The Morgan fingerprint density at radius 3 is 2.75 bits per heavy atom. The van der Waals surface area contributed by atoms with E-state index in [4.69, 9.17) is 0 Å². The second-order valence-electron chi connectivity index (χ2n) is 2.07. The largest absolute Gasteiger partial charge is 1.00 e. The number of aromatic amines is 3. The predicted octanol–water partition coefficient (Wildman–Crippen LogP) is -4.06. The van der Waals surface area contributed by atoms with Crippen LogP contribution >= 0.6 is 0 Å². The average Bonchev–Trinajstić information content (AvgIpc) is 2.34. The summed E-state index contributed by atoms with van der Waals surface area (Å²) in [7, 11) is 0. The van der Waals surface area contributed by atoms with Gasteiger partial charge in [-0.3, -0.25) is 19.9 Å². The molecule has 0 aliphatic carbocycles. The fraction of sp³-hybridized carbons (Fsp3) is 0. The molecule has 0 saturated heterocycles. The van der Waals surface area contributed by atoms with Crippen LogP contribution in [0.1, 0.15) is 0 Å². The van der Waals surface area contributed by atoms with Gasteiger partial charge in [-0.15, -0.1) is 0 Å². The molecule has 2 heterocycles. The number of nitrogens with one attached hydrogen (secondary N) is 3. The topological polar surface area (TPSA) is 94.4 Å². The van der Waals surface area contributed by atoms with Crippen molar-refractivity contribution in [3.05, 3.63) is 27.0 Å². The van der Waals surface area contributed by atoms with Crippen LogP contribution in [0.4, 0.5) is 0 Å². The first kappa shape index (κ1) is 9.87.